The van der Waals surface area contributed by atoms with Gasteiger partial charge in [-0.05, 0) is 17.9 Å². The molecule has 0 aliphatic rings. The van der Waals surface area contributed by atoms with Crippen molar-refractivity contribution < 1.29 is 4.79 Å². The van der Waals surface area contributed by atoms with Crippen molar-refractivity contribution in [2.75, 3.05) is 6.26 Å². The van der Waals surface area contributed by atoms with Gasteiger partial charge in [0.2, 0.25) is 0 Å². The van der Waals surface area contributed by atoms with Crippen LogP contribution in [0.4, 0.5) is 5.95 Å². The van der Waals surface area contributed by atoms with E-state index < -0.39 is 0 Å². The Balaban J connectivity index is 1.85. The van der Waals surface area contributed by atoms with Gasteiger partial charge in [-0.1, -0.05) is 67.2 Å². The lowest BCUT2D eigenvalue weighted by molar-refractivity contribution is 0.103. The summed E-state index contributed by atoms with van der Waals surface area (Å²) in [5.41, 5.74) is 7.97. The number of aromatic amines is 1. The molecule has 6 nitrogen and oxygen atoms in total. The third-order valence-corrected chi connectivity index (χ3v) is 4.51. The first-order chi connectivity index (χ1) is 12.6. The largest absolute Gasteiger partial charge is 0.378 e. The van der Waals surface area contributed by atoms with E-state index >= 15 is 0 Å². The molecule has 0 bridgehead atoms. The minimum atomic E-state index is -0.0644. The predicted octanol–water partition coefficient (Wildman–Crippen LogP) is 3.50. The second-order valence-electron chi connectivity index (χ2n) is 5.72. The average Bonchev–Trinajstić information content (AvgIpc) is 3.15. The number of hydrogen-bond acceptors (Lipinski definition) is 5. The molecule has 0 aliphatic carbocycles. The van der Waals surface area contributed by atoms with Crippen LogP contribution < -0.4 is 5.73 Å². The molecule has 7 heteroatoms. The van der Waals surface area contributed by atoms with Crippen LogP contribution in [-0.4, -0.2) is 32.4 Å². The van der Waals surface area contributed by atoms with E-state index in [-0.39, 0.29) is 11.7 Å². The molecule has 0 aliphatic heterocycles. The Morgan fingerprint density at radius 3 is 2.62 bits per heavy atom. The van der Waals surface area contributed by atoms with E-state index in [0.717, 1.165) is 5.56 Å². The number of nitrogens with zero attached hydrogens (tertiary/aromatic N) is 3. The summed E-state index contributed by atoms with van der Waals surface area (Å²) >= 11 is 1.33. The molecule has 3 N–H and O–H groups in total. The fourth-order valence-corrected chi connectivity index (χ4v) is 2.69. The first kappa shape index (κ1) is 17.9. The fourth-order valence-electron chi connectivity index (χ4n) is 2.52. The number of carbonyl (C=O) groups is 1. The highest BCUT2D eigenvalue weighted by Gasteiger charge is 2.16. The van der Waals surface area contributed by atoms with Gasteiger partial charge in [-0.15, -0.1) is 5.10 Å². The normalized spacial score (nSPS) is 12.8. The Hall–Kier alpha value is -2.93. The molecule has 1 aromatic heterocycles. The number of aromatic nitrogens is 3. The Kier molecular flexibility index (Phi) is 5.48. The lowest BCUT2D eigenvalue weighted by Gasteiger charge is -2.10. The highest BCUT2D eigenvalue weighted by Crippen LogP contribution is 2.24. The van der Waals surface area contributed by atoms with E-state index in [0.29, 0.717) is 28.1 Å². The molecule has 3 rings (SSSR count). The summed E-state index contributed by atoms with van der Waals surface area (Å²) in [5.74, 6) is 0.901. The zero-order chi connectivity index (χ0) is 18.5. The van der Waals surface area contributed by atoms with Gasteiger partial charge < -0.3 is 5.73 Å². The molecule has 0 spiro atoms. The van der Waals surface area contributed by atoms with Crippen molar-refractivity contribution in [1.29, 1.82) is 0 Å². The molecule has 0 saturated carbocycles. The molecular formula is C19H19N5OS. The maximum absolute atomic E-state index is 12.6. The van der Waals surface area contributed by atoms with Crippen LogP contribution in [0.25, 0.3) is 0 Å². The molecule has 1 atom stereocenters. The maximum Gasteiger partial charge on any atom is 0.270 e. The Morgan fingerprint density at radius 2 is 1.88 bits per heavy atom. The van der Waals surface area contributed by atoms with Gasteiger partial charge in [0.1, 0.15) is 5.82 Å². The van der Waals surface area contributed by atoms with E-state index in [2.05, 4.69) is 20.2 Å². The number of H-pyrrole nitrogens is 1. The minimum Gasteiger partial charge on any atom is -0.378 e. The van der Waals surface area contributed by atoms with Crippen LogP contribution >= 0.6 is 11.8 Å². The highest BCUT2D eigenvalue weighted by molar-refractivity contribution is 8.13. The topological polar surface area (TPSA) is 97.0 Å². The van der Waals surface area contributed by atoms with Crippen molar-refractivity contribution >= 4 is 28.7 Å². The van der Waals surface area contributed by atoms with Crippen molar-refractivity contribution in [2.45, 2.75) is 12.8 Å². The Labute approximate surface area is 156 Å². The summed E-state index contributed by atoms with van der Waals surface area (Å²) in [5, 5.41) is 7.37. The number of benzene rings is 2. The lowest BCUT2D eigenvalue weighted by atomic mass is 9.95. The number of aliphatic imine (C=N–C) groups is 1. The lowest BCUT2D eigenvalue weighted by Crippen LogP contribution is -2.05. The molecule has 3 aromatic rings. The van der Waals surface area contributed by atoms with Gasteiger partial charge in [-0.25, -0.2) is 0 Å². The second kappa shape index (κ2) is 7.97. The van der Waals surface area contributed by atoms with Gasteiger partial charge in [-0.2, -0.15) is 9.98 Å². The van der Waals surface area contributed by atoms with Crippen molar-refractivity contribution in [3.63, 3.8) is 0 Å². The predicted molar refractivity (Wildman–Crippen MR) is 105 cm³/mol. The summed E-state index contributed by atoms with van der Waals surface area (Å²) in [4.78, 5) is 21.1. The maximum atomic E-state index is 12.6. The zero-order valence-corrected chi connectivity index (χ0v) is 15.3. The van der Waals surface area contributed by atoms with Crippen LogP contribution in [0, 0.1) is 0 Å². The number of nitrogens with two attached hydrogens (primary N) is 1. The molecule has 1 heterocycles. The van der Waals surface area contributed by atoms with Crippen LogP contribution in [0.2, 0.25) is 0 Å². The molecule has 0 radical (unpaired) electrons. The van der Waals surface area contributed by atoms with Crippen molar-refractivity contribution in [1.82, 2.24) is 15.2 Å². The van der Waals surface area contributed by atoms with Crippen LogP contribution in [0.15, 0.2) is 59.6 Å². The molecule has 0 amide bonds. The number of carbonyl (C=O) groups excluding carboxylic acids is 1. The number of amidine groups is 1. The summed E-state index contributed by atoms with van der Waals surface area (Å²) in [6, 6.07) is 16.8. The molecule has 0 saturated heterocycles. The number of hydrogen-bond donors (Lipinski definition) is 2. The number of rotatable bonds is 5. The Morgan fingerprint density at radius 1 is 1.15 bits per heavy atom. The highest BCUT2D eigenvalue weighted by atomic mass is 32.2. The van der Waals surface area contributed by atoms with Gasteiger partial charge in [0.25, 0.3) is 5.95 Å². The van der Waals surface area contributed by atoms with E-state index in [4.69, 9.17) is 5.73 Å². The molecule has 2 aromatic carbocycles. The molecule has 1 unspecified atom stereocenters. The van der Waals surface area contributed by atoms with E-state index in [1.807, 2.05) is 67.8 Å². The summed E-state index contributed by atoms with van der Waals surface area (Å²) in [6.45, 7) is 2.00. The summed E-state index contributed by atoms with van der Waals surface area (Å²) in [7, 11) is 0. The minimum absolute atomic E-state index is 0.00440. The van der Waals surface area contributed by atoms with Gasteiger partial charge in [0.05, 0.1) is 0 Å². The smallest absolute Gasteiger partial charge is 0.270 e. The van der Waals surface area contributed by atoms with Crippen molar-refractivity contribution in [3.05, 3.63) is 77.1 Å². The summed E-state index contributed by atoms with van der Waals surface area (Å²) < 4.78 is 0. The van der Waals surface area contributed by atoms with E-state index in [9.17, 15) is 4.79 Å². The number of ketones is 1. The first-order valence-corrected chi connectivity index (χ1v) is 9.31. The molecular weight excluding hydrogens is 346 g/mol. The van der Waals surface area contributed by atoms with Gasteiger partial charge in [-0.3, -0.25) is 9.89 Å². The summed E-state index contributed by atoms with van der Waals surface area (Å²) in [6.07, 6.45) is 1.84. The van der Waals surface area contributed by atoms with Crippen molar-refractivity contribution in [2.24, 2.45) is 10.7 Å². The van der Waals surface area contributed by atoms with Gasteiger partial charge in [0, 0.05) is 17.0 Å². The fraction of sp³-hybridized carbons (Fsp3) is 0.158. The quantitative estimate of drug-likeness (QED) is 0.410. The molecule has 132 valence electrons. The van der Waals surface area contributed by atoms with Crippen molar-refractivity contribution in [3.8, 4) is 0 Å². The van der Waals surface area contributed by atoms with Crippen LogP contribution in [0.1, 0.15) is 40.2 Å². The number of thioether (sulfide) groups is 1. The SMILES string of the molecule is CSC(N)=Nc1n[nH]c(C(C)c2cccc(C(=O)c3ccccc3)c2)n1. The van der Waals surface area contributed by atoms with Crippen LogP contribution in [0.5, 0.6) is 0 Å². The zero-order valence-electron chi connectivity index (χ0n) is 14.5. The van der Waals surface area contributed by atoms with Crippen LogP contribution in [0.3, 0.4) is 0 Å². The van der Waals surface area contributed by atoms with E-state index in [1.54, 1.807) is 0 Å². The first-order valence-electron chi connectivity index (χ1n) is 8.08. The average molecular weight is 365 g/mol. The standard InChI is InChI=1S/C19H19N5OS/c1-12(17-21-19(24-23-17)22-18(20)26-2)14-9-6-10-15(11-14)16(25)13-7-4-3-5-8-13/h3-12H,1-2H3,(H3,20,21,22,23,24). The third kappa shape index (κ3) is 4.00. The van der Waals surface area contributed by atoms with E-state index in [1.165, 1.54) is 11.8 Å². The number of nitrogens with one attached hydrogen (secondary N) is 1. The molecule has 0 fully saturated rings. The monoisotopic (exact) mass is 365 g/mol. The third-order valence-electron chi connectivity index (χ3n) is 4.01. The van der Waals surface area contributed by atoms with Crippen LogP contribution in [-0.2, 0) is 0 Å². The van der Waals surface area contributed by atoms with Gasteiger partial charge in [0.15, 0.2) is 11.0 Å². The van der Waals surface area contributed by atoms with Gasteiger partial charge >= 0.3 is 0 Å². The molecule has 26 heavy (non-hydrogen) atoms. The second-order valence-corrected chi connectivity index (χ2v) is 6.54. The Bertz CT molecular complexity index is 936.